The normalized spacial score (nSPS) is 9.79. The zero-order valence-corrected chi connectivity index (χ0v) is 19.6. The summed E-state index contributed by atoms with van der Waals surface area (Å²) >= 11 is 0. The van der Waals surface area contributed by atoms with Crippen LogP contribution < -0.4 is 4.74 Å². The number of rotatable bonds is 4. The van der Waals surface area contributed by atoms with Crippen LogP contribution in [0.4, 0.5) is 0 Å². The number of hydrogen-bond acceptors (Lipinski definition) is 1. The van der Waals surface area contributed by atoms with Crippen molar-refractivity contribution >= 4 is 10.8 Å². The molecule has 3 aromatic carbocycles. The van der Waals surface area contributed by atoms with Crippen LogP contribution in [0.5, 0.6) is 5.75 Å². The van der Waals surface area contributed by atoms with Gasteiger partial charge in [0.1, 0.15) is 12.4 Å². The Kier molecular flexibility index (Phi) is 10.2. The summed E-state index contributed by atoms with van der Waals surface area (Å²) in [6.45, 7) is 20.7. The van der Waals surface area contributed by atoms with E-state index in [9.17, 15) is 0 Å². The SMILES string of the molecule is C=C(C)C.CC.CCc1ccc2c(C)cc(C)cc2c1OCc1ccc(C)cc1. The molecule has 0 unspecified atom stereocenters. The molecular formula is C28H38O. The number of allylic oxidation sites excluding steroid dienone is 1. The Labute approximate surface area is 178 Å². The summed E-state index contributed by atoms with van der Waals surface area (Å²) < 4.78 is 6.28. The van der Waals surface area contributed by atoms with Gasteiger partial charge < -0.3 is 4.74 Å². The van der Waals surface area contributed by atoms with Crippen LogP contribution in [0.2, 0.25) is 0 Å². The van der Waals surface area contributed by atoms with Gasteiger partial charge in [-0.25, -0.2) is 0 Å². The Morgan fingerprint density at radius 3 is 1.97 bits per heavy atom. The van der Waals surface area contributed by atoms with Crippen molar-refractivity contribution in [2.24, 2.45) is 0 Å². The zero-order valence-electron chi connectivity index (χ0n) is 19.6. The van der Waals surface area contributed by atoms with Crippen LogP contribution in [0, 0.1) is 20.8 Å². The lowest BCUT2D eigenvalue weighted by Gasteiger charge is -2.16. The van der Waals surface area contributed by atoms with Crippen LogP contribution in [0.15, 0.2) is 60.7 Å². The predicted molar refractivity (Wildman–Crippen MR) is 130 cm³/mol. The van der Waals surface area contributed by atoms with E-state index in [0.29, 0.717) is 6.61 Å². The second-order valence-corrected chi connectivity index (χ2v) is 7.57. The van der Waals surface area contributed by atoms with Gasteiger partial charge in [0.15, 0.2) is 0 Å². The van der Waals surface area contributed by atoms with Crippen molar-refractivity contribution in [2.45, 2.75) is 68.4 Å². The Morgan fingerprint density at radius 2 is 1.41 bits per heavy atom. The maximum Gasteiger partial charge on any atom is 0.130 e. The molecule has 0 heterocycles. The Hall–Kier alpha value is -2.54. The van der Waals surface area contributed by atoms with Crippen LogP contribution in [-0.4, -0.2) is 0 Å². The maximum atomic E-state index is 6.28. The molecular weight excluding hydrogens is 352 g/mol. The van der Waals surface area contributed by atoms with Crippen molar-refractivity contribution < 1.29 is 4.74 Å². The van der Waals surface area contributed by atoms with E-state index in [-0.39, 0.29) is 0 Å². The molecule has 0 aliphatic rings. The molecule has 0 aliphatic heterocycles. The number of hydrogen-bond donors (Lipinski definition) is 0. The third-order valence-corrected chi connectivity index (χ3v) is 4.40. The van der Waals surface area contributed by atoms with Crippen LogP contribution in [0.25, 0.3) is 10.8 Å². The first-order valence-electron chi connectivity index (χ1n) is 10.6. The van der Waals surface area contributed by atoms with Gasteiger partial charge in [-0.15, -0.1) is 6.58 Å². The molecule has 0 fully saturated rings. The number of ether oxygens (including phenoxy) is 1. The van der Waals surface area contributed by atoms with Gasteiger partial charge in [0.05, 0.1) is 0 Å². The van der Waals surface area contributed by atoms with Gasteiger partial charge in [-0.05, 0) is 69.2 Å². The first-order valence-corrected chi connectivity index (χ1v) is 10.6. The van der Waals surface area contributed by atoms with Crippen molar-refractivity contribution in [3.05, 3.63) is 88.5 Å². The lowest BCUT2D eigenvalue weighted by atomic mass is 9.98. The minimum Gasteiger partial charge on any atom is -0.488 e. The van der Waals surface area contributed by atoms with Crippen molar-refractivity contribution in [3.8, 4) is 5.75 Å². The van der Waals surface area contributed by atoms with E-state index in [4.69, 9.17) is 4.74 Å². The molecule has 0 saturated carbocycles. The van der Waals surface area contributed by atoms with E-state index in [2.05, 4.69) is 82.8 Å². The smallest absolute Gasteiger partial charge is 0.130 e. The fraction of sp³-hybridized carbons (Fsp3) is 0.357. The summed E-state index contributed by atoms with van der Waals surface area (Å²) in [5.41, 5.74) is 7.51. The lowest BCUT2D eigenvalue weighted by Crippen LogP contribution is -2.00. The molecule has 0 radical (unpaired) electrons. The highest BCUT2D eigenvalue weighted by molar-refractivity contribution is 5.92. The maximum absolute atomic E-state index is 6.28. The van der Waals surface area contributed by atoms with E-state index < -0.39 is 0 Å². The second-order valence-electron chi connectivity index (χ2n) is 7.57. The molecule has 0 amide bonds. The first kappa shape index (κ1) is 24.5. The van der Waals surface area contributed by atoms with Crippen molar-refractivity contribution in [3.63, 3.8) is 0 Å². The van der Waals surface area contributed by atoms with E-state index in [1.54, 1.807) is 0 Å². The fourth-order valence-electron chi connectivity index (χ4n) is 3.11. The average Bonchev–Trinajstić information content (AvgIpc) is 2.68. The molecule has 156 valence electrons. The minimum absolute atomic E-state index is 0.610. The van der Waals surface area contributed by atoms with Gasteiger partial charge >= 0.3 is 0 Å². The standard InChI is InChI=1S/C22H24O.C4H8.C2H6/c1-5-19-10-11-20-17(4)12-16(3)13-21(20)22(19)23-14-18-8-6-15(2)7-9-18;1-4(2)3;1-2/h6-13H,5,14H2,1-4H3;1H2,2-3H3;1-2H3. The Balaban J connectivity index is 0.000000627. The molecule has 0 bridgehead atoms. The third kappa shape index (κ3) is 7.42. The summed E-state index contributed by atoms with van der Waals surface area (Å²) in [5.74, 6) is 1.04. The van der Waals surface area contributed by atoms with Gasteiger partial charge in [-0.2, -0.15) is 0 Å². The topological polar surface area (TPSA) is 9.23 Å². The highest BCUT2D eigenvalue weighted by Crippen LogP contribution is 2.33. The van der Waals surface area contributed by atoms with Crippen LogP contribution in [-0.2, 0) is 13.0 Å². The second kappa shape index (κ2) is 12.1. The quantitative estimate of drug-likeness (QED) is 0.406. The summed E-state index contributed by atoms with van der Waals surface area (Å²) in [4.78, 5) is 0. The van der Waals surface area contributed by atoms with Gasteiger partial charge in [0, 0.05) is 5.39 Å². The number of aryl methyl sites for hydroxylation is 4. The third-order valence-electron chi connectivity index (χ3n) is 4.40. The molecule has 0 spiro atoms. The van der Waals surface area contributed by atoms with Gasteiger partial charge in [0.25, 0.3) is 0 Å². The molecule has 1 heteroatoms. The van der Waals surface area contributed by atoms with E-state index >= 15 is 0 Å². The Bertz CT molecular complexity index is 913. The first-order chi connectivity index (χ1) is 13.8. The summed E-state index contributed by atoms with van der Waals surface area (Å²) in [7, 11) is 0. The number of benzene rings is 3. The predicted octanol–water partition coefficient (Wildman–Crippen LogP) is 8.52. The fourth-order valence-corrected chi connectivity index (χ4v) is 3.11. The summed E-state index contributed by atoms with van der Waals surface area (Å²) in [6, 6.07) is 17.5. The highest BCUT2D eigenvalue weighted by Gasteiger charge is 2.10. The van der Waals surface area contributed by atoms with E-state index in [0.717, 1.165) is 12.2 Å². The minimum atomic E-state index is 0.610. The Morgan fingerprint density at radius 1 is 0.828 bits per heavy atom. The molecule has 3 aromatic rings. The van der Waals surface area contributed by atoms with Crippen LogP contribution in [0.1, 0.15) is 62.4 Å². The van der Waals surface area contributed by atoms with Crippen LogP contribution >= 0.6 is 0 Å². The van der Waals surface area contributed by atoms with Gasteiger partial charge in [-0.3, -0.25) is 0 Å². The number of fused-ring (bicyclic) bond motifs is 1. The largest absolute Gasteiger partial charge is 0.488 e. The highest BCUT2D eigenvalue weighted by atomic mass is 16.5. The molecule has 1 nitrogen and oxygen atoms in total. The van der Waals surface area contributed by atoms with Crippen LogP contribution in [0.3, 0.4) is 0 Å². The summed E-state index contributed by atoms with van der Waals surface area (Å²) in [5, 5.41) is 2.51. The molecule has 0 aromatic heterocycles. The molecule has 0 N–H and O–H groups in total. The van der Waals surface area contributed by atoms with E-state index in [1.807, 2.05) is 27.7 Å². The summed E-state index contributed by atoms with van der Waals surface area (Å²) in [6.07, 6.45) is 0.978. The molecule has 0 atom stereocenters. The zero-order chi connectivity index (χ0) is 22.0. The lowest BCUT2D eigenvalue weighted by molar-refractivity contribution is 0.307. The molecule has 29 heavy (non-hydrogen) atoms. The van der Waals surface area contributed by atoms with E-state index in [1.165, 1.54) is 44.2 Å². The van der Waals surface area contributed by atoms with Crippen molar-refractivity contribution in [2.75, 3.05) is 0 Å². The monoisotopic (exact) mass is 390 g/mol. The molecule has 0 saturated heterocycles. The average molecular weight is 391 g/mol. The molecule has 0 aliphatic carbocycles. The van der Waals surface area contributed by atoms with Crippen molar-refractivity contribution in [1.29, 1.82) is 0 Å². The van der Waals surface area contributed by atoms with Crippen molar-refractivity contribution in [1.82, 2.24) is 0 Å². The van der Waals surface area contributed by atoms with Gasteiger partial charge in [-0.1, -0.05) is 79.9 Å². The van der Waals surface area contributed by atoms with Gasteiger partial charge in [0.2, 0.25) is 0 Å². The molecule has 3 rings (SSSR count).